The van der Waals surface area contributed by atoms with Gasteiger partial charge in [-0.05, 0) is 66.9 Å². The van der Waals surface area contributed by atoms with E-state index in [0.29, 0.717) is 21.3 Å². The van der Waals surface area contributed by atoms with Crippen molar-refractivity contribution in [2.75, 3.05) is 18.0 Å². The van der Waals surface area contributed by atoms with E-state index in [9.17, 15) is 5.11 Å². The molecule has 1 atom stereocenters. The Bertz CT molecular complexity index is 1020. The van der Waals surface area contributed by atoms with Crippen molar-refractivity contribution in [2.24, 2.45) is 5.73 Å². The molecule has 0 amide bonds. The maximum Gasteiger partial charge on any atom is 0.129 e. The summed E-state index contributed by atoms with van der Waals surface area (Å²) in [7, 11) is 0. The highest BCUT2D eigenvalue weighted by atomic mass is 35.5. The van der Waals surface area contributed by atoms with Gasteiger partial charge in [-0.3, -0.25) is 0 Å². The van der Waals surface area contributed by atoms with Crippen molar-refractivity contribution in [3.63, 3.8) is 0 Å². The number of phenolic OH excluding ortho intramolecular Hbond substituents is 1. The molecule has 1 aliphatic rings. The molecule has 1 aliphatic heterocycles. The number of nitrogens with zero attached hydrogens (tertiary/aromatic N) is 2. The van der Waals surface area contributed by atoms with Gasteiger partial charge < -0.3 is 15.7 Å². The molecule has 6 heteroatoms. The molecule has 4 rings (SSSR count). The predicted octanol–water partition coefficient (Wildman–Crippen LogP) is 5.27. The molecule has 0 aliphatic carbocycles. The van der Waals surface area contributed by atoms with Crippen LogP contribution in [0.15, 0.2) is 48.5 Å². The Morgan fingerprint density at radius 2 is 1.75 bits per heavy atom. The maximum absolute atomic E-state index is 10.4. The fraction of sp³-hybridized carbons (Fsp3) is 0.227. The number of aromatic hydroxyl groups is 1. The van der Waals surface area contributed by atoms with E-state index in [1.807, 2.05) is 43.3 Å². The second-order valence-electron chi connectivity index (χ2n) is 7.27. The predicted molar refractivity (Wildman–Crippen MR) is 116 cm³/mol. The summed E-state index contributed by atoms with van der Waals surface area (Å²) in [5, 5.41) is 11.6. The van der Waals surface area contributed by atoms with Crippen molar-refractivity contribution < 1.29 is 5.11 Å². The first-order chi connectivity index (χ1) is 13.4. The first kappa shape index (κ1) is 19.1. The van der Waals surface area contributed by atoms with Crippen LogP contribution in [0, 0.1) is 6.92 Å². The lowest BCUT2D eigenvalue weighted by molar-refractivity contribution is 0.477. The van der Waals surface area contributed by atoms with Crippen LogP contribution < -0.4 is 10.6 Å². The van der Waals surface area contributed by atoms with Gasteiger partial charge in [-0.15, -0.1) is 0 Å². The van der Waals surface area contributed by atoms with E-state index in [-0.39, 0.29) is 11.8 Å². The minimum absolute atomic E-state index is 0.141. The molecule has 1 aromatic heterocycles. The first-order valence-electron chi connectivity index (χ1n) is 9.18. The van der Waals surface area contributed by atoms with Crippen LogP contribution in [-0.4, -0.2) is 29.2 Å². The number of pyridine rings is 1. The third-order valence-corrected chi connectivity index (χ3v) is 5.42. The smallest absolute Gasteiger partial charge is 0.129 e. The average Bonchev–Trinajstić information content (AvgIpc) is 3.09. The number of hydrogen-bond donors (Lipinski definition) is 2. The number of aromatic nitrogens is 1. The Hall–Kier alpha value is -2.27. The molecule has 1 unspecified atom stereocenters. The molecule has 0 spiro atoms. The molecule has 3 N–H and O–H groups in total. The van der Waals surface area contributed by atoms with Gasteiger partial charge in [0.1, 0.15) is 11.6 Å². The topological polar surface area (TPSA) is 62.4 Å². The molecular formula is C22H21Cl2N3O. The monoisotopic (exact) mass is 413 g/mol. The molecule has 2 aromatic carbocycles. The number of halogens is 2. The zero-order valence-electron chi connectivity index (χ0n) is 15.5. The largest absolute Gasteiger partial charge is 0.507 e. The van der Waals surface area contributed by atoms with Crippen LogP contribution >= 0.6 is 23.2 Å². The van der Waals surface area contributed by atoms with Gasteiger partial charge in [0.05, 0.1) is 5.69 Å². The van der Waals surface area contributed by atoms with Crippen molar-refractivity contribution in [1.29, 1.82) is 0 Å². The average molecular weight is 414 g/mol. The minimum Gasteiger partial charge on any atom is -0.507 e. The zero-order chi connectivity index (χ0) is 19.8. The van der Waals surface area contributed by atoms with Gasteiger partial charge in [0.25, 0.3) is 0 Å². The highest BCUT2D eigenvalue weighted by molar-refractivity contribution is 6.35. The van der Waals surface area contributed by atoms with E-state index >= 15 is 0 Å². The third kappa shape index (κ3) is 3.95. The normalized spacial score (nSPS) is 16.6. The Balaban J connectivity index is 1.89. The summed E-state index contributed by atoms with van der Waals surface area (Å²) in [4.78, 5) is 7.01. The molecule has 0 radical (unpaired) electrons. The molecule has 4 nitrogen and oxygen atoms in total. The standard InChI is InChI=1S/C22H21Cl2N3O/c1-13-2-3-21(28)19(6-13)20-9-15(14-7-16(23)11-17(24)8-14)10-22(26-20)27-5-4-18(25)12-27/h2-3,6-11,18,28H,4-5,12,25H2,1H3. The lowest BCUT2D eigenvalue weighted by Gasteiger charge is -2.20. The van der Waals surface area contributed by atoms with Gasteiger partial charge in [-0.2, -0.15) is 0 Å². The van der Waals surface area contributed by atoms with Crippen LogP contribution in [0.25, 0.3) is 22.4 Å². The summed E-state index contributed by atoms with van der Waals surface area (Å²) in [5.41, 5.74) is 10.4. The number of rotatable bonds is 3. The SMILES string of the molecule is Cc1ccc(O)c(-c2cc(-c3cc(Cl)cc(Cl)c3)cc(N3CCC(N)C3)n2)c1. The Morgan fingerprint density at radius 1 is 1.04 bits per heavy atom. The number of benzene rings is 2. The lowest BCUT2D eigenvalue weighted by Crippen LogP contribution is -2.27. The van der Waals surface area contributed by atoms with E-state index in [4.69, 9.17) is 33.9 Å². The third-order valence-electron chi connectivity index (χ3n) is 4.98. The van der Waals surface area contributed by atoms with E-state index < -0.39 is 0 Å². The Labute approximate surface area is 174 Å². The number of phenols is 1. The number of hydrogen-bond acceptors (Lipinski definition) is 4. The number of aryl methyl sites for hydroxylation is 1. The summed E-state index contributed by atoms with van der Waals surface area (Å²) in [6.07, 6.45) is 0.930. The lowest BCUT2D eigenvalue weighted by atomic mass is 10.0. The van der Waals surface area contributed by atoms with E-state index in [1.165, 1.54) is 0 Å². The number of anilines is 1. The molecule has 1 saturated heterocycles. The maximum atomic E-state index is 10.4. The van der Waals surface area contributed by atoms with Crippen molar-refractivity contribution in [2.45, 2.75) is 19.4 Å². The van der Waals surface area contributed by atoms with Gasteiger partial charge in [-0.1, -0.05) is 34.8 Å². The first-order valence-corrected chi connectivity index (χ1v) is 9.94. The second kappa shape index (κ2) is 7.63. The van der Waals surface area contributed by atoms with Crippen molar-refractivity contribution in [3.05, 3.63) is 64.1 Å². The summed E-state index contributed by atoms with van der Waals surface area (Å²) in [6.45, 7) is 3.60. The van der Waals surface area contributed by atoms with Crippen molar-refractivity contribution in [3.8, 4) is 28.1 Å². The van der Waals surface area contributed by atoms with Crippen molar-refractivity contribution >= 4 is 29.0 Å². The highest BCUT2D eigenvalue weighted by Gasteiger charge is 2.22. The zero-order valence-corrected chi connectivity index (χ0v) is 17.0. The second-order valence-corrected chi connectivity index (χ2v) is 8.15. The molecule has 3 aromatic rings. The van der Waals surface area contributed by atoms with E-state index in [0.717, 1.165) is 42.0 Å². The van der Waals surface area contributed by atoms with E-state index in [1.54, 1.807) is 12.1 Å². The van der Waals surface area contributed by atoms with E-state index in [2.05, 4.69) is 4.90 Å². The Morgan fingerprint density at radius 3 is 2.43 bits per heavy atom. The molecule has 28 heavy (non-hydrogen) atoms. The number of nitrogens with two attached hydrogens (primary N) is 1. The Kier molecular flexibility index (Phi) is 5.19. The van der Waals surface area contributed by atoms with Gasteiger partial charge >= 0.3 is 0 Å². The fourth-order valence-corrected chi connectivity index (χ4v) is 4.08. The van der Waals surface area contributed by atoms with Crippen LogP contribution in [-0.2, 0) is 0 Å². The minimum atomic E-state index is 0.141. The highest BCUT2D eigenvalue weighted by Crippen LogP contribution is 2.36. The summed E-state index contributed by atoms with van der Waals surface area (Å²) in [6, 6.07) is 15.1. The molecule has 0 bridgehead atoms. The van der Waals surface area contributed by atoms with Crippen LogP contribution in [0.5, 0.6) is 5.75 Å². The quantitative estimate of drug-likeness (QED) is 0.613. The molecule has 1 fully saturated rings. The van der Waals surface area contributed by atoms with Crippen molar-refractivity contribution in [1.82, 2.24) is 4.98 Å². The summed E-state index contributed by atoms with van der Waals surface area (Å²) >= 11 is 12.4. The van der Waals surface area contributed by atoms with Crippen LogP contribution in [0.1, 0.15) is 12.0 Å². The van der Waals surface area contributed by atoms with Gasteiger partial charge in [0.2, 0.25) is 0 Å². The van der Waals surface area contributed by atoms with Crippen LogP contribution in [0.2, 0.25) is 10.0 Å². The summed E-state index contributed by atoms with van der Waals surface area (Å²) < 4.78 is 0. The van der Waals surface area contributed by atoms with Gasteiger partial charge in [0, 0.05) is 34.7 Å². The summed E-state index contributed by atoms with van der Waals surface area (Å²) in [5.74, 6) is 1.03. The van der Waals surface area contributed by atoms with Crippen LogP contribution in [0.3, 0.4) is 0 Å². The molecule has 0 saturated carbocycles. The van der Waals surface area contributed by atoms with Gasteiger partial charge in [0.15, 0.2) is 0 Å². The molecule has 2 heterocycles. The molecular weight excluding hydrogens is 393 g/mol. The van der Waals surface area contributed by atoms with Crippen LogP contribution in [0.4, 0.5) is 5.82 Å². The fourth-order valence-electron chi connectivity index (χ4n) is 3.55. The molecule has 144 valence electrons. The van der Waals surface area contributed by atoms with Gasteiger partial charge in [-0.25, -0.2) is 4.98 Å².